The minimum absolute atomic E-state index is 0.902. The molecule has 4 nitrogen and oxygen atoms in total. The summed E-state index contributed by atoms with van der Waals surface area (Å²) in [5.74, 6) is 0. The number of hydrogen-bond donors (Lipinski definition) is 2. The molecule has 21 aromatic rings. The average Bonchev–Trinajstić information content (AvgIpc) is 1.53. The molecule has 0 radical (unpaired) electrons. The van der Waals surface area contributed by atoms with E-state index in [0.29, 0.717) is 0 Å². The first-order valence-electron chi connectivity index (χ1n) is 30.9. The molecule has 0 unspecified atom stereocenters. The Labute approximate surface area is 557 Å². The maximum Gasteiger partial charge on any atom is 0.0822 e. The van der Waals surface area contributed by atoms with Crippen molar-refractivity contribution >= 4 is 237 Å². The summed E-state index contributed by atoms with van der Waals surface area (Å²) in [6, 6.07) is 90.1. The lowest BCUT2D eigenvalue weighted by atomic mass is 10.00. The van der Waals surface area contributed by atoms with Crippen LogP contribution in [0.15, 0.2) is 261 Å². The van der Waals surface area contributed by atoms with E-state index in [0.717, 1.165) is 150 Å². The number of nitrogens with one attached hydrogen (secondary N) is 2. The highest BCUT2D eigenvalue weighted by Gasteiger charge is 2.31. The lowest BCUT2D eigenvalue weighted by molar-refractivity contribution is 1.49. The third kappa shape index (κ3) is 6.89. The molecule has 4 heterocycles. The molecule has 0 saturated carbocycles. The van der Waals surface area contributed by atoms with Crippen molar-refractivity contribution < 1.29 is 0 Å². The fourth-order valence-electron chi connectivity index (χ4n) is 16.6. The number of benzene rings is 12. The first kappa shape index (κ1) is 51.9. The fourth-order valence-corrected chi connectivity index (χ4v) is 17.7. The van der Waals surface area contributed by atoms with Crippen molar-refractivity contribution in [2.24, 2.45) is 0 Å². The van der Waals surface area contributed by atoms with Crippen LogP contribution in [-0.4, -0.2) is 19.9 Å². The van der Waals surface area contributed by atoms with Gasteiger partial charge in [-0.2, -0.15) is 0 Å². The standard InChI is InChI=1S/C84H42Br4N4/c85-49-33-25-45(26-34-49)65-77-69-53-17-1-9-41-10-2-18-54(61(41)53)70(69)78(89-77)66(46-27-35-50(86)36-28-46)80-73-57-21-5-13-43-14-6-22-58(63(43)57)74(73)82(91-80)68(48-31-39-52(88)40-32-48)84-76-60-24-8-16-44-15-7-23-59(64(44)60)75(76)83(92-84)67(47-29-37-51(87)38-30-47)81-72-56-20-4-12-42-11-3-19-55(62(42)56)71(72)79(65)90-81/h1-40,89,92H. The first-order valence-corrected chi connectivity index (χ1v) is 34.1. The Morgan fingerprint density at radius 2 is 0.380 bits per heavy atom. The summed E-state index contributed by atoms with van der Waals surface area (Å²) in [5, 5.41) is 28.1. The lowest BCUT2D eigenvalue weighted by Gasteiger charge is -2.08. The van der Waals surface area contributed by atoms with Crippen LogP contribution < -0.4 is 0 Å². The van der Waals surface area contributed by atoms with Crippen LogP contribution in [0.4, 0.5) is 0 Å². The minimum Gasteiger partial charge on any atom is -0.353 e. The van der Waals surface area contributed by atoms with Gasteiger partial charge in [-0.15, -0.1) is 0 Å². The highest BCUT2D eigenvalue weighted by atomic mass is 79.9. The topological polar surface area (TPSA) is 57.4 Å². The molecule has 0 saturated heterocycles. The Balaban J connectivity index is 1.18. The molecule has 8 heteroatoms. The van der Waals surface area contributed by atoms with Crippen molar-refractivity contribution in [1.29, 1.82) is 0 Å². The third-order valence-corrected chi connectivity index (χ3v) is 22.3. The number of H-pyrrole nitrogens is 2. The van der Waals surface area contributed by atoms with E-state index in [1.807, 2.05) is 0 Å². The quantitative estimate of drug-likeness (QED) is 0.184. The van der Waals surface area contributed by atoms with Gasteiger partial charge in [-0.25, -0.2) is 9.97 Å². The van der Waals surface area contributed by atoms with Gasteiger partial charge in [0.15, 0.2) is 0 Å². The third-order valence-electron chi connectivity index (χ3n) is 20.1. The molecular formula is C84H42Br4N4. The number of rotatable bonds is 4. The molecule has 0 spiro atoms. The second-order valence-electron chi connectivity index (χ2n) is 24.7. The summed E-state index contributed by atoms with van der Waals surface area (Å²) in [7, 11) is 0. The largest absolute Gasteiger partial charge is 0.353 e. The van der Waals surface area contributed by atoms with Gasteiger partial charge in [0.25, 0.3) is 0 Å². The number of aromatic amines is 2. The van der Waals surface area contributed by atoms with Crippen LogP contribution in [-0.2, 0) is 0 Å². The van der Waals surface area contributed by atoms with Crippen LogP contribution in [0.1, 0.15) is 0 Å². The Morgan fingerprint density at radius 3 is 0.576 bits per heavy atom. The zero-order valence-corrected chi connectivity index (χ0v) is 54.8. The highest BCUT2D eigenvalue weighted by Crippen LogP contribution is 2.56. The Bertz CT molecular complexity index is 5750. The predicted octanol–water partition coefficient (Wildman–Crippen LogP) is 26.2. The molecule has 426 valence electrons. The van der Waals surface area contributed by atoms with Crippen molar-refractivity contribution in [3.8, 4) is 44.5 Å². The number of aromatic nitrogens is 4. The van der Waals surface area contributed by atoms with Gasteiger partial charge < -0.3 is 9.97 Å². The predicted molar refractivity (Wildman–Crippen MR) is 406 cm³/mol. The van der Waals surface area contributed by atoms with Gasteiger partial charge in [-0.1, -0.05) is 258 Å². The van der Waals surface area contributed by atoms with E-state index in [1.165, 1.54) is 86.2 Å². The Hall–Kier alpha value is -9.80. The fraction of sp³-hybridized carbons (Fsp3) is 0. The van der Waals surface area contributed by atoms with Gasteiger partial charge in [-0.3, -0.25) is 0 Å². The molecule has 0 amide bonds. The van der Waals surface area contributed by atoms with Crippen LogP contribution in [0.5, 0.6) is 0 Å². The van der Waals surface area contributed by atoms with Crippen LogP contribution >= 0.6 is 63.7 Å². The van der Waals surface area contributed by atoms with Crippen LogP contribution in [0.25, 0.3) is 218 Å². The molecule has 92 heavy (non-hydrogen) atoms. The SMILES string of the molecule is Brc1ccc(-c2c3nc(c(-c4ccc(Br)cc4)c4[nH]c(c(-c5ccc(Br)cc5)c5nc(c(-c6ccc(Br)cc6)c6[nH]c2c2c7cccc8cccc(c87)c62)c2c6cccc7cccc(c76)c52)c2c5cccc6cccc(c65)c42)c2c4cccc5cccc(c54)c32)cc1. The molecule has 0 aliphatic heterocycles. The van der Waals surface area contributed by atoms with Gasteiger partial charge >= 0.3 is 0 Å². The van der Waals surface area contributed by atoms with E-state index >= 15 is 0 Å². The molecule has 0 atom stereocenters. The molecule has 4 aromatic heterocycles. The molecule has 0 aliphatic carbocycles. The van der Waals surface area contributed by atoms with Crippen molar-refractivity contribution in [2.45, 2.75) is 0 Å². The monoisotopic (exact) mass is 1420 g/mol. The van der Waals surface area contributed by atoms with E-state index in [4.69, 9.17) is 9.97 Å². The summed E-state index contributed by atoms with van der Waals surface area (Å²) in [6.07, 6.45) is 0. The van der Waals surface area contributed by atoms with Crippen LogP contribution in [0.3, 0.4) is 0 Å². The zero-order chi connectivity index (χ0) is 60.5. The number of halogens is 4. The maximum atomic E-state index is 6.43. The number of nitrogens with zero attached hydrogens (tertiary/aromatic N) is 2. The minimum atomic E-state index is 0.902. The molecular weight excluding hydrogens is 1380 g/mol. The second kappa shape index (κ2) is 18.9. The molecule has 0 aliphatic rings. The Morgan fingerprint density at radius 1 is 0.196 bits per heavy atom. The zero-order valence-electron chi connectivity index (χ0n) is 48.5. The van der Waals surface area contributed by atoms with Crippen molar-refractivity contribution in [2.75, 3.05) is 0 Å². The molecule has 2 N–H and O–H groups in total. The lowest BCUT2D eigenvalue weighted by Crippen LogP contribution is -1.87. The molecule has 17 aromatic carbocycles. The van der Waals surface area contributed by atoms with Gasteiger partial charge in [0.05, 0.1) is 44.1 Å². The number of hydrogen-bond acceptors (Lipinski definition) is 2. The molecule has 21 rings (SSSR count). The summed E-state index contributed by atoms with van der Waals surface area (Å²) >= 11 is 15.6. The Kier molecular flexibility index (Phi) is 10.7. The smallest absolute Gasteiger partial charge is 0.0822 e. The van der Waals surface area contributed by atoms with E-state index in [1.54, 1.807) is 0 Å². The maximum absolute atomic E-state index is 6.43. The van der Waals surface area contributed by atoms with Gasteiger partial charge in [0, 0.05) is 83.2 Å². The van der Waals surface area contributed by atoms with E-state index in [9.17, 15) is 0 Å². The molecule has 8 bridgehead atoms. The summed E-state index contributed by atoms with van der Waals surface area (Å²) in [6.45, 7) is 0. The summed E-state index contributed by atoms with van der Waals surface area (Å²) in [4.78, 5) is 21.8. The molecule has 0 fully saturated rings. The van der Waals surface area contributed by atoms with E-state index in [-0.39, 0.29) is 0 Å². The average molecular weight is 1430 g/mol. The second-order valence-corrected chi connectivity index (χ2v) is 28.4. The van der Waals surface area contributed by atoms with E-state index < -0.39 is 0 Å². The highest BCUT2D eigenvalue weighted by molar-refractivity contribution is 9.11. The van der Waals surface area contributed by atoms with Gasteiger partial charge in [0.1, 0.15) is 0 Å². The van der Waals surface area contributed by atoms with Crippen LogP contribution in [0, 0.1) is 0 Å². The van der Waals surface area contributed by atoms with Crippen LogP contribution in [0.2, 0.25) is 0 Å². The summed E-state index contributed by atoms with van der Waals surface area (Å²) in [5.41, 5.74) is 15.7. The first-order chi connectivity index (χ1) is 45.3. The normalized spacial score (nSPS) is 12.6. The van der Waals surface area contributed by atoms with E-state index in [2.05, 4.69) is 316 Å². The van der Waals surface area contributed by atoms with Crippen molar-refractivity contribution in [3.05, 3.63) is 261 Å². The van der Waals surface area contributed by atoms with Gasteiger partial charge in [0.2, 0.25) is 0 Å². The van der Waals surface area contributed by atoms with Crippen molar-refractivity contribution in [1.82, 2.24) is 19.9 Å². The van der Waals surface area contributed by atoms with Crippen molar-refractivity contribution in [3.63, 3.8) is 0 Å². The van der Waals surface area contributed by atoms with Gasteiger partial charge in [-0.05, 0) is 157 Å². The summed E-state index contributed by atoms with van der Waals surface area (Å²) < 4.78 is 3.98.